The Morgan fingerprint density at radius 2 is 1.87 bits per heavy atom. The van der Waals surface area contributed by atoms with Crippen molar-refractivity contribution in [1.29, 1.82) is 0 Å². The van der Waals surface area contributed by atoms with E-state index in [2.05, 4.69) is 36.3 Å². The lowest BCUT2D eigenvalue weighted by Crippen LogP contribution is -2.33. The van der Waals surface area contributed by atoms with Crippen molar-refractivity contribution in [3.05, 3.63) is 65.0 Å². The van der Waals surface area contributed by atoms with Gasteiger partial charge in [-0.15, -0.1) is 10.2 Å². The molecule has 1 N–H and O–H groups in total. The van der Waals surface area contributed by atoms with Crippen LogP contribution < -0.4 is 5.32 Å². The fraction of sp³-hybridized carbons (Fsp3) is 0.348. The largest absolute Gasteiger partial charge is 0.419 e. The van der Waals surface area contributed by atoms with E-state index in [-0.39, 0.29) is 12.5 Å². The van der Waals surface area contributed by atoms with E-state index < -0.39 is 0 Å². The normalized spacial score (nSPS) is 11.3. The van der Waals surface area contributed by atoms with Crippen LogP contribution in [0.3, 0.4) is 0 Å². The number of nitrogens with one attached hydrogen (secondary N) is 1. The molecule has 1 amide bonds. The van der Waals surface area contributed by atoms with Crippen molar-refractivity contribution in [1.82, 2.24) is 15.1 Å². The predicted octanol–water partition coefficient (Wildman–Crippen LogP) is 5.36. The second-order valence-corrected chi connectivity index (χ2v) is 7.89. The summed E-state index contributed by atoms with van der Waals surface area (Å²) in [5.74, 6) is 1.09. The highest BCUT2D eigenvalue weighted by molar-refractivity contribution is 6.33. The second-order valence-electron chi connectivity index (χ2n) is 7.48. The van der Waals surface area contributed by atoms with Gasteiger partial charge in [0.1, 0.15) is 0 Å². The molecule has 1 aromatic heterocycles. The summed E-state index contributed by atoms with van der Waals surface area (Å²) in [4.78, 5) is 14.7. The minimum absolute atomic E-state index is 0.0672. The fourth-order valence-electron chi connectivity index (χ4n) is 3.29. The molecular weight excluding hydrogens is 400 g/mol. The maximum atomic E-state index is 12.7. The third-order valence-electron chi connectivity index (χ3n) is 4.69. The van der Waals surface area contributed by atoms with E-state index in [1.54, 1.807) is 6.07 Å². The van der Waals surface area contributed by atoms with Gasteiger partial charge >= 0.3 is 0 Å². The van der Waals surface area contributed by atoms with Crippen molar-refractivity contribution < 1.29 is 9.21 Å². The third kappa shape index (κ3) is 5.68. The lowest BCUT2D eigenvalue weighted by Gasteiger charge is -2.20. The maximum Gasteiger partial charge on any atom is 0.249 e. The van der Waals surface area contributed by atoms with Crippen LogP contribution in [0.15, 0.2) is 52.9 Å². The zero-order chi connectivity index (χ0) is 21.5. The molecule has 0 saturated carbocycles. The zero-order valence-corrected chi connectivity index (χ0v) is 18.3. The minimum atomic E-state index is -0.0672. The highest BCUT2D eigenvalue weighted by Crippen LogP contribution is 2.26. The van der Waals surface area contributed by atoms with E-state index >= 15 is 0 Å². The molecule has 0 spiro atoms. The van der Waals surface area contributed by atoms with Crippen molar-refractivity contribution in [2.45, 2.75) is 39.7 Å². The first-order valence-electron chi connectivity index (χ1n) is 10.2. The quantitative estimate of drug-likeness (QED) is 0.498. The number of benzene rings is 2. The van der Waals surface area contributed by atoms with E-state index in [1.165, 1.54) is 0 Å². The van der Waals surface area contributed by atoms with Crippen LogP contribution in [0.25, 0.3) is 11.5 Å². The van der Waals surface area contributed by atoms with Gasteiger partial charge in [-0.3, -0.25) is 9.69 Å². The van der Waals surface area contributed by atoms with Crippen molar-refractivity contribution in [2.75, 3.05) is 18.4 Å². The summed E-state index contributed by atoms with van der Waals surface area (Å²) >= 11 is 6.21. The number of para-hydroxylation sites is 1. The highest BCUT2D eigenvalue weighted by Gasteiger charge is 2.17. The Labute approximate surface area is 182 Å². The van der Waals surface area contributed by atoms with Gasteiger partial charge in [-0.05, 0) is 42.6 Å². The van der Waals surface area contributed by atoms with Gasteiger partial charge in [0.15, 0.2) is 0 Å². The van der Waals surface area contributed by atoms with Crippen molar-refractivity contribution >= 4 is 23.2 Å². The van der Waals surface area contributed by atoms with Gasteiger partial charge in [0.25, 0.3) is 0 Å². The van der Waals surface area contributed by atoms with Crippen molar-refractivity contribution in [3.63, 3.8) is 0 Å². The van der Waals surface area contributed by atoms with Gasteiger partial charge in [0, 0.05) is 5.69 Å². The summed E-state index contributed by atoms with van der Waals surface area (Å²) in [6.07, 6.45) is 0.904. The molecule has 0 aliphatic heterocycles. The average molecular weight is 427 g/mol. The molecule has 0 atom stereocenters. The minimum Gasteiger partial charge on any atom is -0.419 e. The summed E-state index contributed by atoms with van der Waals surface area (Å²) in [5.41, 5.74) is 2.67. The monoisotopic (exact) mass is 426 g/mol. The maximum absolute atomic E-state index is 12.7. The Kier molecular flexibility index (Phi) is 7.60. The molecule has 0 unspecified atom stereocenters. The molecule has 6 nitrogen and oxygen atoms in total. The van der Waals surface area contributed by atoms with Crippen LogP contribution in [0.1, 0.15) is 44.6 Å². The number of carbonyl (C=O) groups excluding carboxylic acids is 1. The zero-order valence-electron chi connectivity index (χ0n) is 17.6. The molecule has 0 aliphatic rings. The Balaban J connectivity index is 1.67. The summed E-state index contributed by atoms with van der Waals surface area (Å²) < 4.78 is 5.80. The Bertz CT molecular complexity index is 987. The number of aromatic nitrogens is 2. The van der Waals surface area contributed by atoms with Crippen LogP contribution in [0.5, 0.6) is 0 Å². The number of rotatable bonds is 9. The Morgan fingerprint density at radius 3 is 2.60 bits per heavy atom. The molecule has 158 valence electrons. The Hall–Kier alpha value is -2.70. The van der Waals surface area contributed by atoms with Gasteiger partial charge in [-0.2, -0.15) is 0 Å². The number of anilines is 1. The van der Waals surface area contributed by atoms with Crippen LogP contribution >= 0.6 is 11.6 Å². The van der Waals surface area contributed by atoms with E-state index in [0.29, 0.717) is 34.8 Å². The SMILES string of the molecule is CCCN(CC(=O)Nc1ccccc1C(C)C)Cc1nnc(-c2ccccc2Cl)o1. The summed E-state index contributed by atoms with van der Waals surface area (Å²) in [6.45, 7) is 7.67. The number of carbonyl (C=O) groups is 1. The first kappa shape index (κ1) is 22.0. The van der Waals surface area contributed by atoms with E-state index in [9.17, 15) is 4.79 Å². The molecule has 1 heterocycles. The number of nitrogens with zero attached hydrogens (tertiary/aromatic N) is 3. The topological polar surface area (TPSA) is 71.3 Å². The summed E-state index contributed by atoms with van der Waals surface area (Å²) in [5, 5.41) is 11.8. The molecule has 0 fully saturated rings. The van der Waals surface area contributed by atoms with Crippen LogP contribution in [0, 0.1) is 0 Å². The molecule has 3 aromatic rings. The van der Waals surface area contributed by atoms with Crippen LogP contribution in [0.2, 0.25) is 5.02 Å². The molecule has 0 aliphatic carbocycles. The second kappa shape index (κ2) is 10.4. The highest BCUT2D eigenvalue weighted by atomic mass is 35.5. The number of amides is 1. The van der Waals surface area contributed by atoms with Gasteiger partial charge in [0.2, 0.25) is 17.7 Å². The fourth-order valence-corrected chi connectivity index (χ4v) is 3.51. The Morgan fingerprint density at radius 1 is 1.13 bits per heavy atom. The molecule has 0 bridgehead atoms. The van der Waals surface area contributed by atoms with Gasteiger partial charge in [0.05, 0.1) is 23.7 Å². The molecular formula is C23H27ClN4O2. The van der Waals surface area contributed by atoms with E-state index in [4.69, 9.17) is 16.0 Å². The molecule has 7 heteroatoms. The standard InChI is InChI=1S/C23H27ClN4O2/c1-4-13-28(14-21(29)25-20-12-8-6-9-17(20)16(2)3)15-22-26-27-23(30-22)18-10-5-7-11-19(18)24/h5-12,16H,4,13-15H2,1-3H3,(H,25,29). The predicted molar refractivity (Wildman–Crippen MR) is 119 cm³/mol. The lowest BCUT2D eigenvalue weighted by atomic mass is 10.0. The van der Waals surface area contributed by atoms with E-state index in [1.807, 2.05) is 47.4 Å². The number of halogens is 1. The smallest absolute Gasteiger partial charge is 0.249 e. The number of hydrogen-bond acceptors (Lipinski definition) is 5. The van der Waals surface area contributed by atoms with Crippen LogP contribution in [-0.2, 0) is 11.3 Å². The van der Waals surface area contributed by atoms with Crippen molar-refractivity contribution in [2.24, 2.45) is 0 Å². The summed E-state index contributed by atoms with van der Waals surface area (Å²) in [7, 11) is 0. The number of hydrogen-bond donors (Lipinski definition) is 1. The third-order valence-corrected chi connectivity index (χ3v) is 5.02. The molecule has 0 saturated heterocycles. The average Bonchev–Trinajstić information content (AvgIpc) is 3.17. The molecule has 2 aromatic carbocycles. The van der Waals surface area contributed by atoms with Crippen LogP contribution in [-0.4, -0.2) is 34.1 Å². The van der Waals surface area contributed by atoms with E-state index in [0.717, 1.165) is 24.2 Å². The van der Waals surface area contributed by atoms with Crippen LogP contribution in [0.4, 0.5) is 5.69 Å². The molecule has 30 heavy (non-hydrogen) atoms. The first-order valence-corrected chi connectivity index (χ1v) is 10.5. The summed E-state index contributed by atoms with van der Waals surface area (Å²) in [6, 6.07) is 15.2. The van der Waals surface area contributed by atoms with Crippen molar-refractivity contribution in [3.8, 4) is 11.5 Å². The molecule has 3 rings (SSSR count). The van der Waals surface area contributed by atoms with Gasteiger partial charge < -0.3 is 9.73 Å². The lowest BCUT2D eigenvalue weighted by molar-refractivity contribution is -0.117. The molecule has 0 radical (unpaired) electrons. The van der Waals surface area contributed by atoms with Gasteiger partial charge in [-0.1, -0.05) is 62.7 Å². The first-order chi connectivity index (χ1) is 14.5. The van der Waals surface area contributed by atoms with Gasteiger partial charge in [-0.25, -0.2) is 0 Å².